The fourth-order valence-electron chi connectivity index (χ4n) is 4.11. The number of ether oxygens (including phenoxy) is 3. The molecule has 1 aliphatic rings. The van der Waals surface area contributed by atoms with Crippen LogP contribution >= 0.6 is 0 Å². The van der Waals surface area contributed by atoms with Crippen molar-refractivity contribution in [2.45, 2.75) is 84.2 Å². The van der Waals surface area contributed by atoms with Crippen molar-refractivity contribution in [1.82, 2.24) is 0 Å². The largest absolute Gasteiger partial charge is 0.485 e. The number of anilines is 1. The molecule has 2 atom stereocenters. The first-order chi connectivity index (χ1) is 14.7. The van der Waals surface area contributed by atoms with E-state index in [2.05, 4.69) is 83.3 Å². The summed E-state index contributed by atoms with van der Waals surface area (Å²) in [6.07, 6.45) is 1.82. The van der Waals surface area contributed by atoms with Gasteiger partial charge in [0, 0.05) is 31.5 Å². The van der Waals surface area contributed by atoms with E-state index in [1.54, 1.807) is 7.11 Å². The van der Waals surface area contributed by atoms with Crippen molar-refractivity contribution >= 4 is 5.69 Å². The summed E-state index contributed by atoms with van der Waals surface area (Å²) < 4.78 is 18.5. The summed E-state index contributed by atoms with van der Waals surface area (Å²) in [4.78, 5) is 0. The Hall–Kier alpha value is -2.04. The van der Waals surface area contributed by atoms with Crippen molar-refractivity contribution in [3.63, 3.8) is 0 Å². The van der Waals surface area contributed by atoms with Crippen LogP contribution in [0.1, 0.15) is 77.2 Å². The summed E-state index contributed by atoms with van der Waals surface area (Å²) >= 11 is 0. The van der Waals surface area contributed by atoms with Gasteiger partial charge in [-0.3, -0.25) is 0 Å². The Labute approximate surface area is 188 Å². The van der Waals surface area contributed by atoms with Gasteiger partial charge in [0.25, 0.3) is 0 Å². The summed E-state index contributed by atoms with van der Waals surface area (Å²) in [5.41, 5.74) is 4.43. The van der Waals surface area contributed by atoms with Gasteiger partial charge in [0.1, 0.15) is 23.6 Å². The van der Waals surface area contributed by atoms with Gasteiger partial charge < -0.3 is 19.5 Å². The predicted octanol–water partition coefficient (Wildman–Crippen LogP) is 6.64. The Morgan fingerprint density at radius 2 is 1.77 bits per heavy atom. The van der Waals surface area contributed by atoms with Gasteiger partial charge >= 0.3 is 0 Å². The number of hydrogen-bond donors (Lipinski definition) is 1. The summed E-state index contributed by atoms with van der Waals surface area (Å²) in [5, 5.41) is 3.56. The molecule has 0 saturated carbocycles. The van der Waals surface area contributed by atoms with Gasteiger partial charge in [-0.1, -0.05) is 58.4 Å². The Kier molecular flexibility index (Phi) is 7.33. The van der Waals surface area contributed by atoms with Crippen LogP contribution in [0, 0.1) is 0 Å². The molecule has 0 fully saturated rings. The number of nitrogens with one attached hydrogen (secondary N) is 1. The molecule has 3 rings (SSSR count). The van der Waals surface area contributed by atoms with Crippen molar-refractivity contribution in [3.8, 4) is 5.75 Å². The molecular formula is C27H39NO3. The average molecular weight is 426 g/mol. The summed E-state index contributed by atoms with van der Waals surface area (Å²) in [6, 6.07) is 15.1. The monoisotopic (exact) mass is 425 g/mol. The molecule has 0 bridgehead atoms. The number of benzene rings is 2. The lowest BCUT2D eigenvalue weighted by atomic mass is 9.87. The molecule has 2 aromatic rings. The molecule has 2 unspecified atom stereocenters. The number of hydrogen-bond acceptors (Lipinski definition) is 4. The zero-order chi connectivity index (χ0) is 22.6. The van der Waals surface area contributed by atoms with E-state index in [0.29, 0.717) is 6.61 Å². The van der Waals surface area contributed by atoms with Crippen LogP contribution in [0.3, 0.4) is 0 Å². The fraction of sp³-hybridized carbons (Fsp3) is 0.556. The molecule has 0 aromatic heterocycles. The van der Waals surface area contributed by atoms with E-state index in [9.17, 15) is 0 Å². The topological polar surface area (TPSA) is 39.7 Å². The zero-order valence-corrected chi connectivity index (χ0v) is 20.2. The van der Waals surface area contributed by atoms with Crippen molar-refractivity contribution in [3.05, 3.63) is 59.2 Å². The van der Waals surface area contributed by atoms with Crippen LogP contribution in [0.5, 0.6) is 5.75 Å². The van der Waals surface area contributed by atoms with Crippen LogP contribution < -0.4 is 10.1 Å². The smallest absolute Gasteiger partial charge is 0.132 e. The fourth-order valence-corrected chi connectivity index (χ4v) is 4.11. The molecule has 2 aromatic carbocycles. The van der Waals surface area contributed by atoms with Crippen molar-refractivity contribution in [1.29, 1.82) is 0 Å². The quantitative estimate of drug-likeness (QED) is 0.481. The molecule has 0 spiro atoms. The first kappa shape index (κ1) is 23.6. The lowest BCUT2D eigenvalue weighted by Crippen LogP contribution is -2.50. The van der Waals surface area contributed by atoms with Crippen LogP contribution in [0.4, 0.5) is 5.69 Å². The maximum atomic E-state index is 6.32. The molecule has 1 N–H and O–H groups in total. The molecule has 1 aliphatic heterocycles. The van der Waals surface area contributed by atoms with Gasteiger partial charge in [-0.05, 0) is 55.0 Å². The molecule has 0 aliphatic carbocycles. The zero-order valence-electron chi connectivity index (χ0n) is 20.2. The Bertz CT molecular complexity index is 852. The standard InChI is InChI=1S/C27H39NO3/c1-8-9-16-30-24-22-17-21(14-15-23(22)31-27(5,6)25(24)29-7)28-18-19-10-12-20(13-11-19)26(2,3)4/h10-15,17,24-25,28H,8-9,16,18H2,1-7H3. The van der Waals surface area contributed by atoms with E-state index in [-0.39, 0.29) is 17.6 Å². The maximum absolute atomic E-state index is 6.32. The molecule has 170 valence electrons. The maximum Gasteiger partial charge on any atom is 0.132 e. The highest BCUT2D eigenvalue weighted by Gasteiger charge is 2.45. The number of fused-ring (bicyclic) bond motifs is 1. The van der Waals surface area contributed by atoms with Crippen molar-refractivity contribution in [2.75, 3.05) is 19.0 Å². The Balaban J connectivity index is 1.78. The number of unbranched alkanes of at least 4 members (excludes halogenated alkanes) is 1. The summed E-state index contributed by atoms with van der Waals surface area (Å²) in [7, 11) is 1.74. The number of methoxy groups -OCH3 is 1. The molecule has 31 heavy (non-hydrogen) atoms. The van der Waals surface area contributed by atoms with E-state index in [1.165, 1.54) is 11.1 Å². The van der Waals surface area contributed by atoms with Gasteiger partial charge in [0.15, 0.2) is 0 Å². The van der Waals surface area contributed by atoms with E-state index >= 15 is 0 Å². The van der Waals surface area contributed by atoms with Gasteiger partial charge in [0.2, 0.25) is 0 Å². The summed E-state index contributed by atoms with van der Waals surface area (Å²) in [5.74, 6) is 0.875. The predicted molar refractivity (Wildman–Crippen MR) is 128 cm³/mol. The second kappa shape index (κ2) is 9.62. The van der Waals surface area contributed by atoms with Gasteiger partial charge in [0.05, 0.1) is 0 Å². The van der Waals surface area contributed by atoms with E-state index in [1.807, 2.05) is 6.07 Å². The van der Waals surface area contributed by atoms with Crippen LogP contribution in [-0.2, 0) is 21.4 Å². The minimum absolute atomic E-state index is 0.150. The second-order valence-electron chi connectivity index (χ2n) is 10.1. The first-order valence-corrected chi connectivity index (χ1v) is 11.5. The van der Waals surface area contributed by atoms with Crippen LogP contribution in [0.2, 0.25) is 0 Å². The third kappa shape index (κ3) is 5.61. The lowest BCUT2D eigenvalue weighted by molar-refractivity contribution is -0.150. The highest BCUT2D eigenvalue weighted by atomic mass is 16.6. The van der Waals surface area contributed by atoms with E-state index < -0.39 is 5.60 Å². The van der Waals surface area contributed by atoms with Gasteiger partial charge in [-0.25, -0.2) is 0 Å². The highest BCUT2D eigenvalue weighted by Crippen LogP contribution is 2.44. The van der Waals surface area contributed by atoms with Crippen molar-refractivity contribution in [2.24, 2.45) is 0 Å². The highest BCUT2D eigenvalue weighted by molar-refractivity contribution is 5.54. The van der Waals surface area contributed by atoms with Gasteiger partial charge in [-0.15, -0.1) is 0 Å². The molecule has 0 radical (unpaired) electrons. The second-order valence-corrected chi connectivity index (χ2v) is 10.1. The van der Waals surface area contributed by atoms with E-state index in [0.717, 1.165) is 36.4 Å². The Morgan fingerprint density at radius 1 is 1.06 bits per heavy atom. The molecule has 4 nitrogen and oxygen atoms in total. The molecular weight excluding hydrogens is 386 g/mol. The van der Waals surface area contributed by atoms with Crippen molar-refractivity contribution < 1.29 is 14.2 Å². The third-order valence-electron chi connectivity index (χ3n) is 6.02. The third-order valence-corrected chi connectivity index (χ3v) is 6.02. The average Bonchev–Trinajstić information content (AvgIpc) is 2.71. The van der Waals surface area contributed by atoms with Gasteiger partial charge in [-0.2, -0.15) is 0 Å². The summed E-state index contributed by atoms with van der Waals surface area (Å²) in [6.45, 7) is 14.5. The molecule has 0 amide bonds. The SMILES string of the molecule is CCCCOC1c2cc(NCc3ccc(C(C)(C)C)cc3)ccc2OC(C)(C)C1OC. The first-order valence-electron chi connectivity index (χ1n) is 11.5. The number of rotatable bonds is 8. The van der Waals surface area contributed by atoms with Crippen LogP contribution in [0.25, 0.3) is 0 Å². The van der Waals surface area contributed by atoms with Crippen LogP contribution in [0.15, 0.2) is 42.5 Å². The normalized spacial score (nSPS) is 20.1. The molecule has 0 saturated heterocycles. The lowest BCUT2D eigenvalue weighted by Gasteiger charge is -2.43. The minimum Gasteiger partial charge on any atom is -0.485 e. The minimum atomic E-state index is -0.456. The Morgan fingerprint density at radius 3 is 2.39 bits per heavy atom. The molecule has 4 heteroatoms. The van der Waals surface area contributed by atoms with E-state index in [4.69, 9.17) is 14.2 Å². The molecule has 1 heterocycles. The van der Waals surface area contributed by atoms with Crippen LogP contribution in [-0.4, -0.2) is 25.4 Å².